The molecule has 0 bridgehead atoms. The van der Waals surface area contributed by atoms with Gasteiger partial charge in [0.15, 0.2) is 4.77 Å². The van der Waals surface area contributed by atoms with Gasteiger partial charge in [-0.1, -0.05) is 13.0 Å². The summed E-state index contributed by atoms with van der Waals surface area (Å²) in [4.78, 5) is 24.3. The van der Waals surface area contributed by atoms with Crippen LogP contribution in [0.1, 0.15) is 25.7 Å². The van der Waals surface area contributed by atoms with Gasteiger partial charge in [0.1, 0.15) is 0 Å². The summed E-state index contributed by atoms with van der Waals surface area (Å²) in [6.07, 6.45) is 6.69. The van der Waals surface area contributed by atoms with Crippen LogP contribution in [-0.2, 0) is 16.1 Å². The van der Waals surface area contributed by atoms with Crippen LogP contribution in [0.2, 0.25) is 0 Å². The number of aromatic nitrogens is 2. The van der Waals surface area contributed by atoms with Crippen LogP contribution in [0.3, 0.4) is 0 Å². The van der Waals surface area contributed by atoms with Crippen molar-refractivity contribution >= 4 is 18.2 Å². The van der Waals surface area contributed by atoms with Gasteiger partial charge >= 0.3 is 5.97 Å². The lowest BCUT2D eigenvalue weighted by molar-refractivity contribution is -0.137. The van der Waals surface area contributed by atoms with Crippen molar-refractivity contribution in [3.63, 3.8) is 0 Å². The van der Waals surface area contributed by atoms with E-state index < -0.39 is 0 Å². The lowest BCUT2D eigenvalue weighted by Crippen LogP contribution is -2.11. The number of nitrogens with zero attached hydrogens (tertiary/aromatic N) is 1. The second-order valence-electron chi connectivity index (χ2n) is 4.09. The van der Waals surface area contributed by atoms with Crippen molar-refractivity contribution in [2.24, 2.45) is 0 Å². The van der Waals surface area contributed by atoms with Crippen molar-refractivity contribution in [1.29, 1.82) is 0 Å². The molecule has 19 heavy (non-hydrogen) atoms. The molecule has 0 spiro atoms. The molecule has 104 valence electrons. The zero-order chi connectivity index (χ0) is 14.1. The fourth-order valence-electron chi connectivity index (χ4n) is 1.59. The predicted octanol–water partition coefficient (Wildman–Crippen LogP) is 2.20. The molecular weight excluding hydrogens is 264 g/mol. The molecule has 0 aliphatic heterocycles. The van der Waals surface area contributed by atoms with E-state index in [1.54, 1.807) is 6.20 Å². The summed E-state index contributed by atoms with van der Waals surface area (Å²) >= 11 is 5.04. The summed E-state index contributed by atoms with van der Waals surface area (Å²) in [5, 5.41) is 0. The van der Waals surface area contributed by atoms with Gasteiger partial charge in [-0.15, -0.1) is 0 Å². The normalized spacial score (nSPS) is 10.1. The van der Waals surface area contributed by atoms with Crippen LogP contribution in [0.5, 0.6) is 0 Å². The number of aryl methyl sites for hydroxylation is 1. The maximum absolute atomic E-state index is 11.0. The Morgan fingerprint density at radius 1 is 1.42 bits per heavy atom. The van der Waals surface area contributed by atoms with Gasteiger partial charge in [0.2, 0.25) is 0 Å². The number of rotatable bonds is 8. The molecule has 0 atom stereocenters. The molecule has 0 aromatic carbocycles. The van der Waals surface area contributed by atoms with E-state index in [2.05, 4.69) is 11.6 Å². The molecular formula is C13H18N2O3S. The predicted molar refractivity (Wildman–Crippen MR) is 75.5 cm³/mol. The first-order valence-corrected chi connectivity index (χ1v) is 6.63. The summed E-state index contributed by atoms with van der Waals surface area (Å²) in [5.41, 5.74) is -0.176. The summed E-state index contributed by atoms with van der Waals surface area (Å²) in [6.45, 7) is 4.54. The summed E-state index contributed by atoms with van der Waals surface area (Å²) in [7, 11) is 0. The van der Waals surface area contributed by atoms with Crippen molar-refractivity contribution in [1.82, 2.24) is 9.55 Å². The molecule has 6 heteroatoms. The zero-order valence-electron chi connectivity index (χ0n) is 10.8. The third-order valence-electron chi connectivity index (χ3n) is 2.60. The molecule has 0 radical (unpaired) electrons. The Morgan fingerprint density at radius 2 is 2.16 bits per heavy atom. The lowest BCUT2D eigenvalue weighted by atomic mass is 10.2. The maximum atomic E-state index is 11.0. The zero-order valence-corrected chi connectivity index (χ0v) is 11.6. The Hall–Kier alpha value is -1.69. The van der Waals surface area contributed by atoms with Gasteiger partial charge in [0.05, 0.1) is 6.61 Å². The quantitative estimate of drug-likeness (QED) is 0.343. The fraction of sp³-hybridized carbons (Fsp3) is 0.462. The molecule has 1 aromatic heterocycles. The highest BCUT2D eigenvalue weighted by Crippen LogP contribution is 2.02. The molecule has 1 rings (SSSR count). The summed E-state index contributed by atoms with van der Waals surface area (Å²) in [5.74, 6) is -0.375. The number of H-pyrrole nitrogens is 1. The lowest BCUT2D eigenvalue weighted by Gasteiger charge is -2.06. The molecule has 1 heterocycles. The molecule has 1 aromatic rings. The van der Waals surface area contributed by atoms with Gasteiger partial charge in [-0.3, -0.25) is 9.78 Å². The molecule has 0 aliphatic rings. The molecule has 0 amide bonds. The Morgan fingerprint density at radius 3 is 2.84 bits per heavy atom. The van der Waals surface area contributed by atoms with Crippen molar-refractivity contribution in [2.45, 2.75) is 32.2 Å². The first kappa shape index (κ1) is 15.4. The van der Waals surface area contributed by atoms with Crippen molar-refractivity contribution in [3.8, 4) is 0 Å². The molecule has 0 fully saturated rings. The number of hydrogen-bond acceptors (Lipinski definition) is 4. The first-order chi connectivity index (χ1) is 9.13. The van der Waals surface area contributed by atoms with Crippen LogP contribution < -0.4 is 5.56 Å². The van der Waals surface area contributed by atoms with E-state index in [1.807, 2.05) is 4.57 Å². The molecule has 0 aliphatic carbocycles. The number of carbonyl (C=O) groups is 1. The second-order valence-corrected chi connectivity index (χ2v) is 4.48. The molecule has 1 N–H and O–H groups in total. The van der Waals surface area contributed by atoms with E-state index >= 15 is 0 Å². The van der Waals surface area contributed by atoms with Crippen LogP contribution in [0.4, 0.5) is 0 Å². The van der Waals surface area contributed by atoms with Gasteiger partial charge in [-0.05, 0) is 31.5 Å². The standard InChI is InChI=1S/C13H18N2O3S/c1-2-12(17)18-10-6-4-3-5-8-15-9-7-11(16)14-13(15)19/h2,7,9H,1,3-6,8,10H2,(H,14,16,19). The van der Waals surface area contributed by atoms with Crippen molar-refractivity contribution in [3.05, 3.63) is 40.0 Å². The molecule has 0 unspecified atom stereocenters. The number of aromatic amines is 1. The van der Waals surface area contributed by atoms with Crippen molar-refractivity contribution in [2.75, 3.05) is 6.61 Å². The van der Waals surface area contributed by atoms with Crippen LogP contribution in [-0.4, -0.2) is 22.1 Å². The number of ether oxygens (including phenoxy) is 1. The van der Waals surface area contributed by atoms with Gasteiger partial charge in [0.25, 0.3) is 5.56 Å². The average Bonchev–Trinajstić information content (AvgIpc) is 2.39. The van der Waals surface area contributed by atoms with Gasteiger partial charge in [0, 0.05) is 24.9 Å². The summed E-state index contributed by atoms with van der Waals surface area (Å²) in [6, 6.07) is 1.46. The highest BCUT2D eigenvalue weighted by molar-refractivity contribution is 7.71. The van der Waals surface area contributed by atoms with Crippen LogP contribution in [0.25, 0.3) is 0 Å². The van der Waals surface area contributed by atoms with E-state index in [1.165, 1.54) is 6.07 Å². The Labute approximate surface area is 116 Å². The number of carbonyl (C=O) groups excluding carboxylic acids is 1. The topological polar surface area (TPSA) is 64.1 Å². The smallest absolute Gasteiger partial charge is 0.330 e. The van der Waals surface area contributed by atoms with E-state index in [0.717, 1.165) is 38.3 Å². The van der Waals surface area contributed by atoms with Crippen LogP contribution >= 0.6 is 12.2 Å². The van der Waals surface area contributed by atoms with E-state index in [9.17, 15) is 9.59 Å². The van der Waals surface area contributed by atoms with Crippen LogP contribution in [0.15, 0.2) is 29.7 Å². The molecule has 0 saturated carbocycles. The minimum atomic E-state index is -0.375. The summed E-state index contributed by atoms with van der Waals surface area (Å²) < 4.78 is 7.16. The number of unbranched alkanes of at least 4 members (excludes halogenated alkanes) is 3. The van der Waals surface area contributed by atoms with Gasteiger partial charge < -0.3 is 9.30 Å². The monoisotopic (exact) mass is 282 g/mol. The van der Waals surface area contributed by atoms with E-state index in [4.69, 9.17) is 17.0 Å². The Balaban J connectivity index is 2.14. The fourth-order valence-corrected chi connectivity index (χ4v) is 1.84. The Kier molecular flexibility index (Phi) is 6.81. The van der Waals surface area contributed by atoms with E-state index in [0.29, 0.717) is 11.4 Å². The Bertz CT molecular complexity index is 533. The van der Waals surface area contributed by atoms with Gasteiger partial charge in [-0.25, -0.2) is 4.79 Å². The van der Waals surface area contributed by atoms with Gasteiger partial charge in [-0.2, -0.15) is 0 Å². The third kappa shape index (κ3) is 6.15. The first-order valence-electron chi connectivity index (χ1n) is 6.22. The minimum Gasteiger partial charge on any atom is -0.463 e. The molecule has 0 saturated heterocycles. The minimum absolute atomic E-state index is 0.176. The number of hydrogen-bond donors (Lipinski definition) is 1. The average molecular weight is 282 g/mol. The second kappa shape index (κ2) is 8.42. The van der Waals surface area contributed by atoms with Crippen LogP contribution in [0, 0.1) is 4.77 Å². The highest BCUT2D eigenvalue weighted by Gasteiger charge is 1.97. The third-order valence-corrected chi connectivity index (χ3v) is 2.94. The highest BCUT2D eigenvalue weighted by atomic mass is 32.1. The largest absolute Gasteiger partial charge is 0.463 e. The SMILES string of the molecule is C=CC(=O)OCCCCCCn1ccc(=O)[nH]c1=S. The number of nitrogens with one attached hydrogen (secondary N) is 1. The number of esters is 1. The molecule has 5 nitrogen and oxygen atoms in total. The van der Waals surface area contributed by atoms with E-state index in [-0.39, 0.29) is 11.5 Å². The van der Waals surface area contributed by atoms with Crippen molar-refractivity contribution < 1.29 is 9.53 Å². The maximum Gasteiger partial charge on any atom is 0.330 e.